The molecule has 1 amide bonds. The van der Waals surface area contributed by atoms with Crippen molar-refractivity contribution in [2.75, 3.05) is 6.61 Å². The van der Waals surface area contributed by atoms with E-state index in [4.69, 9.17) is 9.47 Å². The minimum Gasteiger partial charge on any atom is -0.457 e. The highest BCUT2D eigenvalue weighted by atomic mass is 16.5. The molecule has 2 aromatic carbocycles. The molecule has 0 aromatic heterocycles. The van der Waals surface area contributed by atoms with Crippen LogP contribution in [0.2, 0.25) is 0 Å². The Hall–Kier alpha value is -2.82. The molecule has 27 heavy (non-hydrogen) atoms. The smallest absolute Gasteiger partial charge is 0.338 e. The Bertz CT molecular complexity index is 758. The number of hydrogen-bond donors (Lipinski definition) is 1. The molecular weight excluding hydrogens is 342 g/mol. The molecule has 0 unspecified atom stereocenters. The van der Waals surface area contributed by atoms with Crippen LogP contribution in [-0.2, 0) is 9.53 Å². The Morgan fingerprint density at radius 1 is 0.963 bits per heavy atom. The van der Waals surface area contributed by atoms with Crippen molar-refractivity contribution in [1.29, 1.82) is 0 Å². The average Bonchev–Trinajstić information content (AvgIpc) is 2.69. The fraction of sp³-hybridized carbons (Fsp3) is 0.364. The average molecular weight is 367 g/mol. The Labute approximate surface area is 159 Å². The SMILES string of the molecule is C[C@@H]1CCCC[C@@H]1NC(=O)COC(=O)c1ccc(Oc2ccccc2)cc1. The summed E-state index contributed by atoms with van der Waals surface area (Å²) >= 11 is 0. The molecule has 142 valence electrons. The fourth-order valence-electron chi connectivity index (χ4n) is 3.28. The highest BCUT2D eigenvalue weighted by Crippen LogP contribution is 2.24. The summed E-state index contributed by atoms with van der Waals surface area (Å²) in [5.41, 5.74) is 0.384. The second-order valence-electron chi connectivity index (χ2n) is 6.95. The molecule has 2 atom stereocenters. The number of para-hydroxylation sites is 1. The Morgan fingerprint density at radius 2 is 1.63 bits per heavy atom. The number of carbonyl (C=O) groups excluding carboxylic acids is 2. The topological polar surface area (TPSA) is 64.6 Å². The zero-order valence-electron chi connectivity index (χ0n) is 15.5. The molecule has 0 bridgehead atoms. The van der Waals surface area contributed by atoms with E-state index in [0.717, 1.165) is 25.0 Å². The summed E-state index contributed by atoms with van der Waals surface area (Å²) in [5.74, 6) is 1.05. The van der Waals surface area contributed by atoms with Gasteiger partial charge in [0.05, 0.1) is 5.56 Å². The predicted molar refractivity (Wildman–Crippen MR) is 103 cm³/mol. The third-order valence-corrected chi connectivity index (χ3v) is 4.86. The van der Waals surface area contributed by atoms with Crippen LogP contribution in [0.5, 0.6) is 11.5 Å². The highest BCUT2D eigenvalue weighted by molar-refractivity contribution is 5.91. The molecule has 0 heterocycles. The first-order valence-electron chi connectivity index (χ1n) is 9.41. The Balaban J connectivity index is 1.47. The van der Waals surface area contributed by atoms with Crippen molar-refractivity contribution in [1.82, 2.24) is 5.32 Å². The van der Waals surface area contributed by atoms with E-state index < -0.39 is 5.97 Å². The van der Waals surface area contributed by atoms with E-state index in [-0.39, 0.29) is 18.6 Å². The van der Waals surface area contributed by atoms with E-state index in [1.807, 2.05) is 30.3 Å². The lowest BCUT2D eigenvalue weighted by Crippen LogP contribution is -2.42. The minimum atomic E-state index is -0.520. The van der Waals surface area contributed by atoms with Crippen LogP contribution >= 0.6 is 0 Å². The number of benzene rings is 2. The molecule has 5 heteroatoms. The van der Waals surface area contributed by atoms with Crippen LogP contribution in [-0.4, -0.2) is 24.5 Å². The molecule has 1 aliphatic rings. The van der Waals surface area contributed by atoms with Crippen molar-refractivity contribution in [2.24, 2.45) is 5.92 Å². The van der Waals surface area contributed by atoms with Gasteiger partial charge in [-0.2, -0.15) is 0 Å². The first kappa shape index (κ1) is 19.0. The van der Waals surface area contributed by atoms with E-state index in [0.29, 0.717) is 17.2 Å². The van der Waals surface area contributed by atoms with Gasteiger partial charge in [0.15, 0.2) is 6.61 Å². The molecule has 3 rings (SSSR count). The molecular formula is C22H25NO4. The van der Waals surface area contributed by atoms with Gasteiger partial charge in [-0.1, -0.05) is 38.0 Å². The normalized spacial score (nSPS) is 19.1. The number of carbonyl (C=O) groups is 2. The summed E-state index contributed by atoms with van der Waals surface area (Å²) in [4.78, 5) is 24.2. The van der Waals surface area contributed by atoms with E-state index in [1.54, 1.807) is 24.3 Å². The molecule has 0 spiro atoms. The van der Waals surface area contributed by atoms with Gasteiger partial charge in [-0.25, -0.2) is 4.79 Å². The largest absolute Gasteiger partial charge is 0.457 e. The second kappa shape index (κ2) is 9.21. The third-order valence-electron chi connectivity index (χ3n) is 4.86. The molecule has 0 aliphatic heterocycles. The molecule has 2 aromatic rings. The highest BCUT2D eigenvalue weighted by Gasteiger charge is 2.23. The number of nitrogens with one attached hydrogen (secondary N) is 1. The molecule has 1 N–H and O–H groups in total. The summed E-state index contributed by atoms with van der Waals surface area (Å²) < 4.78 is 10.8. The van der Waals surface area contributed by atoms with Crippen LogP contribution in [0, 0.1) is 5.92 Å². The molecule has 1 fully saturated rings. The first-order valence-corrected chi connectivity index (χ1v) is 9.41. The van der Waals surface area contributed by atoms with Gasteiger partial charge in [0.2, 0.25) is 0 Å². The van der Waals surface area contributed by atoms with Crippen LogP contribution in [0.4, 0.5) is 0 Å². The maximum Gasteiger partial charge on any atom is 0.338 e. The fourth-order valence-corrected chi connectivity index (χ4v) is 3.28. The van der Waals surface area contributed by atoms with Crippen molar-refractivity contribution < 1.29 is 19.1 Å². The van der Waals surface area contributed by atoms with Crippen molar-refractivity contribution in [3.8, 4) is 11.5 Å². The van der Waals surface area contributed by atoms with Crippen LogP contribution in [0.1, 0.15) is 43.0 Å². The van der Waals surface area contributed by atoms with Crippen molar-refractivity contribution in [3.63, 3.8) is 0 Å². The van der Waals surface area contributed by atoms with Gasteiger partial charge in [0, 0.05) is 6.04 Å². The summed E-state index contributed by atoms with van der Waals surface area (Å²) in [5, 5.41) is 2.98. The molecule has 5 nitrogen and oxygen atoms in total. The number of amides is 1. The molecule has 1 saturated carbocycles. The number of ether oxygens (including phenoxy) is 2. The van der Waals surface area contributed by atoms with Gasteiger partial charge in [-0.3, -0.25) is 4.79 Å². The van der Waals surface area contributed by atoms with Gasteiger partial charge >= 0.3 is 5.97 Å². The maximum atomic E-state index is 12.1. The number of hydrogen-bond acceptors (Lipinski definition) is 4. The monoisotopic (exact) mass is 367 g/mol. The summed E-state index contributed by atoms with van der Waals surface area (Å²) in [6.45, 7) is 1.89. The zero-order valence-corrected chi connectivity index (χ0v) is 15.5. The van der Waals surface area contributed by atoms with Gasteiger partial charge < -0.3 is 14.8 Å². The molecule has 0 radical (unpaired) electrons. The summed E-state index contributed by atoms with van der Waals surface area (Å²) in [6, 6.07) is 16.2. The minimum absolute atomic E-state index is 0.180. The van der Waals surface area contributed by atoms with Gasteiger partial charge in [-0.15, -0.1) is 0 Å². The zero-order chi connectivity index (χ0) is 19.1. The lowest BCUT2D eigenvalue weighted by atomic mass is 9.86. The van der Waals surface area contributed by atoms with Crippen LogP contribution in [0.3, 0.4) is 0 Å². The van der Waals surface area contributed by atoms with Gasteiger partial charge in [0.1, 0.15) is 11.5 Å². The number of rotatable bonds is 6. The third kappa shape index (κ3) is 5.58. The lowest BCUT2D eigenvalue weighted by molar-refractivity contribution is -0.125. The Morgan fingerprint density at radius 3 is 2.33 bits per heavy atom. The van der Waals surface area contributed by atoms with Crippen LogP contribution < -0.4 is 10.1 Å². The number of esters is 1. The lowest BCUT2D eigenvalue weighted by Gasteiger charge is -2.29. The second-order valence-corrected chi connectivity index (χ2v) is 6.95. The standard InChI is InChI=1S/C22H25NO4/c1-16-7-5-6-10-20(16)23-21(24)15-26-22(25)17-11-13-19(14-12-17)27-18-8-3-2-4-9-18/h2-4,8-9,11-14,16,20H,5-7,10,15H2,1H3,(H,23,24)/t16-,20+/m1/s1. The van der Waals surface area contributed by atoms with Gasteiger partial charge in [0.25, 0.3) is 5.91 Å². The summed E-state index contributed by atoms with van der Waals surface area (Å²) in [6.07, 6.45) is 4.46. The van der Waals surface area contributed by atoms with E-state index in [1.165, 1.54) is 6.42 Å². The van der Waals surface area contributed by atoms with E-state index in [2.05, 4.69) is 12.2 Å². The maximum absolute atomic E-state index is 12.1. The summed E-state index contributed by atoms with van der Waals surface area (Å²) in [7, 11) is 0. The van der Waals surface area contributed by atoms with E-state index >= 15 is 0 Å². The van der Waals surface area contributed by atoms with Crippen molar-refractivity contribution in [2.45, 2.75) is 38.6 Å². The van der Waals surface area contributed by atoms with E-state index in [9.17, 15) is 9.59 Å². The van der Waals surface area contributed by atoms with Crippen molar-refractivity contribution in [3.05, 3.63) is 60.2 Å². The van der Waals surface area contributed by atoms with Crippen LogP contribution in [0.15, 0.2) is 54.6 Å². The Kier molecular flexibility index (Phi) is 6.47. The van der Waals surface area contributed by atoms with Gasteiger partial charge in [-0.05, 0) is 55.2 Å². The first-order chi connectivity index (χ1) is 13.1. The predicted octanol–water partition coefficient (Wildman–Crippen LogP) is 4.33. The molecule has 0 saturated heterocycles. The van der Waals surface area contributed by atoms with Crippen LogP contribution in [0.25, 0.3) is 0 Å². The van der Waals surface area contributed by atoms with Crippen molar-refractivity contribution >= 4 is 11.9 Å². The molecule has 1 aliphatic carbocycles. The quantitative estimate of drug-likeness (QED) is 0.772.